The van der Waals surface area contributed by atoms with Gasteiger partial charge in [0.15, 0.2) is 11.6 Å². The molecule has 0 radical (unpaired) electrons. The van der Waals surface area contributed by atoms with Gasteiger partial charge in [-0.3, -0.25) is 9.59 Å². The zero-order chi connectivity index (χ0) is 21.2. The van der Waals surface area contributed by atoms with Crippen molar-refractivity contribution in [3.63, 3.8) is 0 Å². The van der Waals surface area contributed by atoms with E-state index < -0.39 is 27.6 Å². The number of hydrogen-bond donors (Lipinski definition) is 1. The first-order chi connectivity index (χ1) is 13.6. The van der Waals surface area contributed by atoms with Crippen LogP contribution in [0.15, 0.2) is 47.4 Å². The largest absolute Gasteiger partial charge is 0.339 e. The second kappa shape index (κ2) is 8.26. The first kappa shape index (κ1) is 20.9. The van der Waals surface area contributed by atoms with Gasteiger partial charge < -0.3 is 9.80 Å². The summed E-state index contributed by atoms with van der Waals surface area (Å²) < 4.78 is 48.9. The molecule has 0 saturated carbocycles. The molecular formula is C19H19F2N3O4S. The number of hydrogen-bond acceptors (Lipinski definition) is 4. The molecule has 0 bridgehead atoms. The summed E-state index contributed by atoms with van der Waals surface area (Å²) in [5.41, 5.74) is 0.696. The molecule has 1 heterocycles. The Hall–Kier alpha value is -2.85. The second-order valence-corrected chi connectivity index (χ2v) is 8.23. The van der Waals surface area contributed by atoms with Crippen LogP contribution in [-0.2, 0) is 21.2 Å². The SMILES string of the molecule is NS(=O)(=O)c1ccc(CC(=O)N2CCN(C(=O)c3ccc(F)c(F)c3)CC2)cc1. The number of piperazine rings is 1. The molecule has 2 amide bonds. The third-order valence-corrected chi connectivity index (χ3v) is 5.62. The van der Waals surface area contributed by atoms with Crippen LogP contribution in [0.4, 0.5) is 8.78 Å². The van der Waals surface area contributed by atoms with Crippen LogP contribution in [0.1, 0.15) is 15.9 Å². The molecule has 7 nitrogen and oxygen atoms in total. The molecular weight excluding hydrogens is 404 g/mol. The fourth-order valence-corrected chi connectivity index (χ4v) is 3.57. The summed E-state index contributed by atoms with van der Waals surface area (Å²) in [7, 11) is -3.79. The van der Waals surface area contributed by atoms with Crippen LogP contribution in [0, 0.1) is 11.6 Å². The van der Waals surface area contributed by atoms with Crippen LogP contribution in [0.3, 0.4) is 0 Å². The topological polar surface area (TPSA) is 101 Å². The predicted molar refractivity (Wildman–Crippen MR) is 100 cm³/mol. The number of carbonyl (C=O) groups excluding carboxylic acids is 2. The predicted octanol–water partition coefficient (Wildman–Crippen LogP) is 1.14. The number of rotatable bonds is 4. The minimum absolute atomic E-state index is 0.0296. The third-order valence-electron chi connectivity index (χ3n) is 4.69. The average Bonchev–Trinajstić information content (AvgIpc) is 2.69. The molecule has 1 aliphatic heterocycles. The van der Waals surface area contributed by atoms with Crippen LogP contribution in [0.2, 0.25) is 0 Å². The quantitative estimate of drug-likeness (QED) is 0.797. The average molecular weight is 423 g/mol. The van der Waals surface area contributed by atoms with Crippen LogP contribution in [0.25, 0.3) is 0 Å². The summed E-state index contributed by atoms with van der Waals surface area (Å²) in [4.78, 5) is 27.9. The van der Waals surface area contributed by atoms with Gasteiger partial charge in [-0.1, -0.05) is 12.1 Å². The van der Waals surface area contributed by atoms with Crippen LogP contribution in [-0.4, -0.2) is 56.2 Å². The molecule has 10 heteroatoms. The first-order valence-electron chi connectivity index (χ1n) is 8.79. The summed E-state index contributed by atoms with van der Waals surface area (Å²) in [6.07, 6.45) is 0.0853. The van der Waals surface area contributed by atoms with Gasteiger partial charge in [0.1, 0.15) is 0 Å². The number of primary sulfonamides is 1. The van der Waals surface area contributed by atoms with E-state index in [9.17, 15) is 26.8 Å². The summed E-state index contributed by atoms with van der Waals surface area (Å²) in [6.45, 7) is 1.16. The van der Waals surface area contributed by atoms with E-state index in [-0.39, 0.29) is 35.9 Å². The molecule has 3 rings (SSSR count). The molecule has 154 valence electrons. The Bertz CT molecular complexity index is 1030. The van der Waals surface area contributed by atoms with Gasteiger partial charge >= 0.3 is 0 Å². The molecule has 1 saturated heterocycles. The molecule has 1 fully saturated rings. The van der Waals surface area contributed by atoms with Crippen molar-refractivity contribution in [2.75, 3.05) is 26.2 Å². The molecule has 0 aromatic heterocycles. The smallest absolute Gasteiger partial charge is 0.254 e. The normalized spacial score (nSPS) is 14.7. The molecule has 1 aliphatic rings. The lowest BCUT2D eigenvalue weighted by molar-refractivity contribution is -0.131. The third kappa shape index (κ3) is 4.96. The summed E-state index contributed by atoms with van der Waals surface area (Å²) in [5.74, 6) is -2.69. The van der Waals surface area contributed by atoms with Crippen molar-refractivity contribution in [2.45, 2.75) is 11.3 Å². The molecule has 2 N–H and O–H groups in total. The number of benzene rings is 2. The van der Waals surface area contributed by atoms with Gasteiger partial charge in [0.05, 0.1) is 11.3 Å². The van der Waals surface area contributed by atoms with Crippen LogP contribution >= 0.6 is 0 Å². The van der Waals surface area contributed by atoms with Gasteiger partial charge in [-0.25, -0.2) is 22.3 Å². The highest BCUT2D eigenvalue weighted by molar-refractivity contribution is 7.89. The molecule has 29 heavy (non-hydrogen) atoms. The Morgan fingerprint density at radius 1 is 0.897 bits per heavy atom. The maximum Gasteiger partial charge on any atom is 0.254 e. The Labute approximate surface area is 166 Å². The zero-order valence-electron chi connectivity index (χ0n) is 15.3. The number of amides is 2. The number of carbonyl (C=O) groups is 2. The fraction of sp³-hybridized carbons (Fsp3) is 0.263. The van der Waals surface area contributed by atoms with Crippen molar-refractivity contribution in [1.82, 2.24) is 9.80 Å². The molecule has 0 spiro atoms. The summed E-state index contributed by atoms with van der Waals surface area (Å²) in [5, 5.41) is 5.05. The van der Waals surface area contributed by atoms with E-state index in [1.165, 1.54) is 35.2 Å². The highest BCUT2D eigenvalue weighted by Crippen LogP contribution is 2.14. The van der Waals surface area contributed by atoms with E-state index in [1.54, 1.807) is 4.90 Å². The fourth-order valence-electron chi connectivity index (χ4n) is 3.05. The van der Waals surface area contributed by atoms with Crippen molar-refractivity contribution in [3.8, 4) is 0 Å². The molecule has 2 aromatic carbocycles. The summed E-state index contributed by atoms with van der Waals surface area (Å²) >= 11 is 0. The lowest BCUT2D eigenvalue weighted by atomic mass is 10.1. The zero-order valence-corrected chi connectivity index (χ0v) is 16.2. The maximum absolute atomic E-state index is 13.3. The Morgan fingerprint density at radius 2 is 1.48 bits per heavy atom. The van der Waals surface area contributed by atoms with Crippen molar-refractivity contribution < 1.29 is 26.8 Å². The Kier molecular flexibility index (Phi) is 5.94. The second-order valence-electron chi connectivity index (χ2n) is 6.67. The monoisotopic (exact) mass is 423 g/mol. The van der Waals surface area contributed by atoms with Crippen molar-refractivity contribution in [3.05, 3.63) is 65.2 Å². The van der Waals surface area contributed by atoms with E-state index in [2.05, 4.69) is 0 Å². The van der Waals surface area contributed by atoms with Gasteiger partial charge in [-0.05, 0) is 35.9 Å². The van der Waals surface area contributed by atoms with Gasteiger partial charge in [0.25, 0.3) is 5.91 Å². The Balaban J connectivity index is 1.56. The number of nitrogens with two attached hydrogens (primary N) is 1. The lowest BCUT2D eigenvalue weighted by Gasteiger charge is -2.35. The van der Waals surface area contributed by atoms with E-state index in [4.69, 9.17) is 5.14 Å². The standard InChI is InChI=1S/C19H19F2N3O4S/c20-16-6-3-14(12-17(16)21)19(26)24-9-7-23(8-10-24)18(25)11-13-1-4-15(5-2-13)29(22,27)28/h1-6,12H,7-11H2,(H2,22,27,28). The highest BCUT2D eigenvalue weighted by atomic mass is 32.2. The number of sulfonamides is 1. The van der Waals surface area contributed by atoms with Crippen molar-refractivity contribution >= 4 is 21.8 Å². The van der Waals surface area contributed by atoms with Gasteiger partial charge in [-0.2, -0.15) is 0 Å². The molecule has 2 aromatic rings. The van der Waals surface area contributed by atoms with E-state index in [0.29, 0.717) is 18.7 Å². The molecule has 0 aliphatic carbocycles. The number of halogens is 2. The van der Waals surface area contributed by atoms with Gasteiger partial charge in [-0.15, -0.1) is 0 Å². The van der Waals surface area contributed by atoms with E-state index >= 15 is 0 Å². The summed E-state index contributed by atoms with van der Waals surface area (Å²) in [6, 6.07) is 8.74. The van der Waals surface area contributed by atoms with Crippen LogP contribution in [0.5, 0.6) is 0 Å². The maximum atomic E-state index is 13.3. The van der Waals surface area contributed by atoms with E-state index in [0.717, 1.165) is 12.1 Å². The van der Waals surface area contributed by atoms with Gasteiger partial charge in [0, 0.05) is 31.7 Å². The highest BCUT2D eigenvalue weighted by Gasteiger charge is 2.25. The van der Waals surface area contributed by atoms with Crippen molar-refractivity contribution in [2.24, 2.45) is 5.14 Å². The number of nitrogens with zero attached hydrogens (tertiary/aromatic N) is 2. The van der Waals surface area contributed by atoms with Crippen molar-refractivity contribution in [1.29, 1.82) is 0 Å². The molecule has 0 unspecified atom stereocenters. The van der Waals surface area contributed by atoms with E-state index in [1.807, 2.05) is 0 Å². The Morgan fingerprint density at radius 3 is 2.03 bits per heavy atom. The van der Waals surface area contributed by atoms with Crippen LogP contribution < -0.4 is 5.14 Å². The minimum atomic E-state index is -3.79. The van der Waals surface area contributed by atoms with Gasteiger partial charge in [0.2, 0.25) is 15.9 Å². The lowest BCUT2D eigenvalue weighted by Crippen LogP contribution is -2.51. The first-order valence-corrected chi connectivity index (χ1v) is 10.3. The minimum Gasteiger partial charge on any atom is -0.339 e. The molecule has 0 atom stereocenters.